The number of urea groups is 2. The first kappa shape index (κ1) is 18.8. The van der Waals surface area contributed by atoms with Gasteiger partial charge in [0.2, 0.25) is 0 Å². The molecule has 0 spiro atoms. The van der Waals surface area contributed by atoms with Crippen molar-refractivity contribution in [3.05, 3.63) is 0 Å². The molecule has 0 unspecified atom stereocenters. The van der Waals surface area contributed by atoms with Crippen LogP contribution in [-0.2, 0) is 9.47 Å². The van der Waals surface area contributed by atoms with E-state index in [-0.39, 0.29) is 12.1 Å². The summed E-state index contributed by atoms with van der Waals surface area (Å²) < 4.78 is 10.5. The van der Waals surface area contributed by atoms with Crippen LogP contribution < -0.4 is 10.6 Å². The third kappa shape index (κ3) is 6.92. The average molecular weight is 342 g/mol. The van der Waals surface area contributed by atoms with Crippen LogP contribution >= 0.6 is 0 Å². The second-order valence-electron chi connectivity index (χ2n) is 6.08. The summed E-state index contributed by atoms with van der Waals surface area (Å²) in [5.41, 5.74) is 0. The predicted molar refractivity (Wildman–Crippen MR) is 90.0 cm³/mol. The molecule has 2 fully saturated rings. The lowest BCUT2D eigenvalue weighted by atomic mass is 10.2. The van der Waals surface area contributed by atoms with Crippen molar-refractivity contribution in [2.75, 3.05) is 65.7 Å². The molecule has 2 N–H and O–H groups in total. The van der Waals surface area contributed by atoms with Crippen molar-refractivity contribution in [1.29, 1.82) is 0 Å². The normalized spacial score (nSPS) is 18.3. The SMILES string of the molecule is O=C(NCCCCCCNC(=O)N1CCOCC1)N1CCOCC1. The zero-order chi connectivity index (χ0) is 17.0. The Morgan fingerprint density at radius 2 is 1.04 bits per heavy atom. The van der Waals surface area contributed by atoms with Gasteiger partial charge in [0.25, 0.3) is 0 Å². The van der Waals surface area contributed by atoms with Crippen molar-refractivity contribution in [3.63, 3.8) is 0 Å². The molecule has 0 aromatic heterocycles. The van der Waals surface area contributed by atoms with Crippen LogP contribution in [0, 0.1) is 0 Å². The molecule has 0 aromatic carbocycles. The number of unbranched alkanes of at least 4 members (excludes halogenated alkanes) is 3. The molecule has 8 nitrogen and oxygen atoms in total. The molecule has 0 bridgehead atoms. The van der Waals surface area contributed by atoms with E-state index in [1.165, 1.54) is 0 Å². The number of morpholine rings is 2. The van der Waals surface area contributed by atoms with E-state index in [9.17, 15) is 9.59 Å². The standard InChI is InChI=1S/C16H30N4O4/c21-15(19-7-11-23-12-8-19)17-5-3-1-2-4-6-18-16(22)20-9-13-24-14-10-20/h1-14H2,(H,17,21)(H,18,22). The van der Waals surface area contributed by atoms with Gasteiger partial charge in [0.15, 0.2) is 0 Å². The average Bonchev–Trinajstić information content (AvgIpc) is 2.65. The van der Waals surface area contributed by atoms with Crippen LogP contribution in [0.5, 0.6) is 0 Å². The zero-order valence-electron chi connectivity index (χ0n) is 14.4. The van der Waals surface area contributed by atoms with Gasteiger partial charge in [-0.25, -0.2) is 9.59 Å². The molecule has 2 heterocycles. The first-order chi connectivity index (χ1) is 11.8. The maximum atomic E-state index is 11.9. The van der Waals surface area contributed by atoms with E-state index >= 15 is 0 Å². The molecule has 8 heteroatoms. The number of nitrogens with zero attached hydrogens (tertiary/aromatic N) is 2. The predicted octanol–water partition coefficient (Wildman–Crippen LogP) is 0.630. The number of rotatable bonds is 7. The minimum Gasteiger partial charge on any atom is -0.378 e. The molecule has 0 atom stereocenters. The van der Waals surface area contributed by atoms with E-state index in [4.69, 9.17) is 9.47 Å². The van der Waals surface area contributed by atoms with Crippen LogP contribution in [0.2, 0.25) is 0 Å². The maximum absolute atomic E-state index is 11.9. The lowest BCUT2D eigenvalue weighted by Gasteiger charge is -2.27. The Kier molecular flexibility index (Phi) is 8.69. The molecule has 0 aromatic rings. The maximum Gasteiger partial charge on any atom is 0.317 e. The van der Waals surface area contributed by atoms with E-state index in [1.54, 1.807) is 9.80 Å². The highest BCUT2D eigenvalue weighted by molar-refractivity contribution is 5.74. The van der Waals surface area contributed by atoms with Gasteiger partial charge >= 0.3 is 12.1 Å². The summed E-state index contributed by atoms with van der Waals surface area (Å²) in [7, 11) is 0. The summed E-state index contributed by atoms with van der Waals surface area (Å²) in [5.74, 6) is 0. The van der Waals surface area contributed by atoms with Crippen LogP contribution in [0.15, 0.2) is 0 Å². The van der Waals surface area contributed by atoms with Gasteiger partial charge in [0.1, 0.15) is 0 Å². The molecule has 4 amide bonds. The first-order valence-corrected chi connectivity index (χ1v) is 8.98. The molecule has 2 rings (SSSR count). The van der Waals surface area contributed by atoms with E-state index in [2.05, 4.69) is 10.6 Å². The van der Waals surface area contributed by atoms with Crippen molar-refractivity contribution in [3.8, 4) is 0 Å². The topological polar surface area (TPSA) is 83.1 Å². The van der Waals surface area contributed by atoms with E-state index in [0.29, 0.717) is 65.7 Å². The third-order valence-electron chi connectivity index (χ3n) is 4.25. The largest absolute Gasteiger partial charge is 0.378 e. The van der Waals surface area contributed by atoms with Gasteiger partial charge in [-0.1, -0.05) is 12.8 Å². The van der Waals surface area contributed by atoms with Gasteiger partial charge in [-0.3, -0.25) is 0 Å². The molecular formula is C16H30N4O4. The van der Waals surface area contributed by atoms with Crippen molar-refractivity contribution in [2.24, 2.45) is 0 Å². The molecule has 0 aliphatic carbocycles. The second kappa shape index (κ2) is 11.1. The fourth-order valence-electron chi connectivity index (χ4n) is 2.75. The Labute approximate surface area is 143 Å². The molecule has 0 radical (unpaired) electrons. The van der Waals surface area contributed by atoms with Gasteiger partial charge in [0.05, 0.1) is 26.4 Å². The smallest absolute Gasteiger partial charge is 0.317 e. The minimum atomic E-state index is 0.0103. The van der Waals surface area contributed by atoms with E-state index in [1.807, 2.05) is 0 Å². The Morgan fingerprint density at radius 1 is 0.667 bits per heavy atom. The van der Waals surface area contributed by atoms with Crippen molar-refractivity contribution in [2.45, 2.75) is 25.7 Å². The van der Waals surface area contributed by atoms with Crippen molar-refractivity contribution >= 4 is 12.1 Å². The van der Waals surface area contributed by atoms with Crippen LogP contribution in [0.3, 0.4) is 0 Å². The van der Waals surface area contributed by atoms with Crippen molar-refractivity contribution in [1.82, 2.24) is 20.4 Å². The number of hydrogen-bond acceptors (Lipinski definition) is 4. The molecule has 2 aliphatic heterocycles. The van der Waals surface area contributed by atoms with Crippen molar-refractivity contribution < 1.29 is 19.1 Å². The Morgan fingerprint density at radius 3 is 1.42 bits per heavy atom. The third-order valence-corrected chi connectivity index (χ3v) is 4.25. The van der Waals surface area contributed by atoms with E-state index in [0.717, 1.165) is 25.7 Å². The summed E-state index contributed by atoms with van der Waals surface area (Å²) in [6, 6.07) is 0.0205. The van der Waals surface area contributed by atoms with Gasteiger partial charge in [-0.15, -0.1) is 0 Å². The van der Waals surface area contributed by atoms with Crippen LogP contribution in [0.1, 0.15) is 25.7 Å². The van der Waals surface area contributed by atoms with Gasteiger partial charge in [0, 0.05) is 39.3 Å². The summed E-state index contributed by atoms with van der Waals surface area (Å²) in [5, 5.41) is 5.90. The molecule has 2 aliphatic rings. The highest BCUT2D eigenvalue weighted by Gasteiger charge is 2.16. The molecule has 24 heavy (non-hydrogen) atoms. The number of nitrogens with one attached hydrogen (secondary N) is 2. The summed E-state index contributed by atoms with van der Waals surface area (Å²) >= 11 is 0. The number of hydrogen-bond donors (Lipinski definition) is 2. The van der Waals surface area contributed by atoms with Crippen LogP contribution in [0.4, 0.5) is 9.59 Å². The highest BCUT2D eigenvalue weighted by Crippen LogP contribution is 2.01. The van der Waals surface area contributed by atoms with E-state index < -0.39 is 0 Å². The Balaban J connectivity index is 1.40. The summed E-state index contributed by atoms with van der Waals surface area (Å²) in [6.45, 7) is 6.62. The fraction of sp³-hybridized carbons (Fsp3) is 0.875. The summed E-state index contributed by atoms with van der Waals surface area (Å²) in [4.78, 5) is 27.3. The molecule has 0 saturated carbocycles. The number of amides is 4. The lowest BCUT2D eigenvalue weighted by molar-refractivity contribution is 0.0531. The molecule has 138 valence electrons. The Bertz CT molecular complexity index is 346. The zero-order valence-corrected chi connectivity index (χ0v) is 14.4. The molecular weight excluding hydrogens is 312 g/mol. The number of carbonyl (C=O) groups excluding carboxylic acids is 2. The second-order valence-corrected chi connectivity index (χ2v) is 6.08. The first-order valence-electron chi connectivity index (χ1n) is 8.98. The lowest BCUT2D eigenvalue weighted by Crippen LogP contribution is -2.46. The van der Waals surface area contributed by atoms with Crippen LogP contribution in [-0.4, -0.2) is 87.6 Å². The molecule has 2 saturated heterocycles. The summed E-state index contributed by atoms with van der Waals surface area (Å²) in [6.07, 6.45) is 4.04. The quantitative estimate of drug-likeness (QED) is 0.665. The number of carbonyl (C=O) groups is 2. The number of ether oxygens (including phenoxy) is 2. The van der Waals surface area contributed by atoms with Gasteiger partial charge < -0.3 is 29.9 Å². The highest BCUT2D eigenvalue weighted by atomic mass is 16.5. The fourth-order valence-corrected chi connectivity index (χ4v) is 2.75. The Hall–Kier alpha value is -1.54. The van der Waals surface area contributed by atoms with Gasteiger partial charge in [-0.05, 0) is 12.8 Å². The minimum absolute atomic E-state index is 0.0103. The van der Waals surface area contributed by atoms with Crippen LogP contribution in [0.25, 0.3) is 0 Å². The monoisotopic (exact) mass is 342 g/mol. The van der Waals surface area contributed by atoms with Gasteiger partial charge in [-0.2, -0.15) is 0 Å².